The molecule has 0 aromatic carbocycles. The Bertz CT molecular complexity index is 791. The number of nitrogens with zero attached hydrogens (tertiary/aromatic N) is 2. The Labute approximate surface area is 165 Å². The van der Waals surface area contributed by atoms with Crippen LogP contribution >= 0.6 is 0 Å². The molecular weight excluding hydrogens is 391 g/mol. The van der Waals surface area contributed by atoms with Crippen molar-refractivity contribution < 1.29 is 32.3 Å². The van der Waals surface area contributed by atoms with Gasteiger partial charge in [-0.1, -0.05) is 0 Å². The first-order valence-corrected chi connectivity index (χ1v) is 9.20. The number of H-pyrrole nitrogens is 1. The molecular formula is C19H22F3N3O4. The number of amides is 1. The van der Waals surface area contributed by atoms with Crippen LogP contribution in [0.25, 0.3) is 0 Å². The number of piperidine rings is 2. The molecule has 2 aliphatic heterocycles. The minimum absolute atomic E-state index is 0.138. The zero-order valence-corrected chi connectivity index (χ0v) is 15.6. The fraction of sp³-hybridized carbons (Fsp3) is 0.474. The van der Waals surface area contributed by atoms with Gasteiger partial charge in [-0.2, -0.15) is 13.2 Å². The van der Waals surface area contributed by atoms with Crippen LogP contribution in [-0.4, -0.2) is 64.1 Å². The molecule has 2 aromatic heterocycles. The Morgan fingerprint density at radius 1 is 1.14 bits per heavy atom. The van der Waals surface area contributed by atoms with Crippen molar-refractivity contribution in [2.24, 2.45) is 11.8 Å². The summed E-state index contributed by atoms with van der Waals surface area (Å²) in [6.45, 7) is 4.70. The number of likely N-dealkylation sites (tertiary alicyclic amines) is 2. The molecule has 0 radical (unpaired) electrons. The van der Waals surface area contributed by atoms with E-state index in [9.17, 15) is 18.0 Å². The average Bonchev–Trinajstić information content (AvgIpc) is 3.34. The van der Waals surface area contributed by atoms with Crippen molar-refractivity contribution in [2.75, 3.05) is 26.2 Å². The summed E-state index contributed by atoms with van der Waals surface area (Å²) in [6.07, 6.45) is -0.302. The van der Waals surface area contributed by atoms with E-state index in [0.29, 0.717) is 17.5 Å². The number of furan rings is 1. The van der Waals surface area contributed by atoms with Gasteiger partial charge < -0.3 is 19.4 Å². The molecule has 1 amide bonds. The third-order valence-corrected chi connectivity index (χ3v) is 4.97. The second kappa shape index (κ2) is 8.73. The molecule has 0 spiro atoms. The monoisotopic (exact) mass is 413 g/mol. The molecule has 2 atom stereocenters. The normalized spacial score (nSPS) is 22.0. The summed E-state index contributed by atoms with van der Waals surface area (Å²) in [5, 5.41) is 7.12. The molecule has 2 aliphatic rings. The number of nitrogens with one attached hydrogen (secondary N) is 1. The summed E-state index contributed by atoms with van der Waals surface area (Å²) in [4.78, 5) is 28.9. The first-order chi connectivity index (χ1) is 13.7. The van der Waals surface area contributed by atoms with Gasteiger partial charge in [0, 0.05) is 32.4 Å². The number of aliphatic carboxylic acids is 1. The molecule has 4 heterocycles. The number of fused-ring (bicyclic) bond motifs is 2. The quantitative estimate of drug-likeness (QED) is 0.808. The summed E-state index contributed by atoms with van der Waals surface area (Å²) >= 11 is 0. The maximum absolute atomic E-state index is 12.5. The van der Waals surface area contributed by atoms with E-state index in [1.54, 1.807) is 6.26 Å². The second-order valence-corrected chi connectivity index (χ2v) is 7.34. The van der Waals surface area contributed by atoms with E-state index >= 15 is 0 Å². The third kappa shape index (κ3) is 5.63. The zero-order chi connectivity index (χ0) is 21.0. The number of carbonyl (C=O) groups excluding carboxylic acids is 1. The lowest BCUT2D eigenvalue weighted by atomic mass is 9.84. The van der Waals surface area contributed by atoms with Crippen molar-refractivity contribution in [3.63, 3.8) is 0 Å². The Morgan fingerprint density at radius 2 is 1.79 bits per heavy atom. The molecule has 2 fully saturated rings. The highest BCUT2D eigenvalue weighted by Crippen LogP contribution is 2.30. The van der Waals surface area contributed by atoms with Crippen LogP contribution in [0.4, 0.5) is 13.2 Å². The van der Waals surface area contributed by atoms with E-state index in [1.807, 2.05) is 35.4 Å². The van der Waals surface area contributed by atoms with Crippen molar-refractivity contribution in [1.82, 2.24) is 14.8 Å². The smallest absolute Gasteiger partial charge is 0.475 e. The lowest BCUT2D eigenvalue weighted by molar-refractivity contribution is -0.192. The minimum Gasteiger partial charge on any atom is -0.475 e. The predicted octanol–water partition coefficient (Wildman–Crippen LogP) is 2.84. The van der Waals surface area contributed by atoms with E-state index in [4.69, 9.17) is 14.3 Å². The van der Waals surface area contributed by atoms with Gasteiger partial charge in [-0.3, -0.25) is 9.69 Å². The fourth-order valence-corrected chi connectivity index (χ4v) is 3.94. The number of hydrogen-bond acceptors (Lipinski definition) is 4. The number of carbonyl (C=O) groups is 2. The largest absolute Gasteiger partial charge is 0.490 e. The van der Waals surface area contributed by atoms with Crippen molar-refractivity contribution in [2.45, 2.75) is 19.1 Å². The van der Waals surface area contributed by atoms with E-state index in [1.165, 1.54) is 6.42 Å². The fourth-order valence-electron chi connectivity index (χ4n) is 3.94. The number of alkyl halides is 3. The van der Waals surface area contributed by atoms with Crippen molar-refractivity contribution in [3.05, 3.63) is 48.2 Å². The van der Waals surface area contributed by atoms with Gasteiger partial charge in [0.15, 0.2) is 0 Å². The first-order valence-electron chi connectivity index (χ1n) is 9.20. The Balaban J connectivity index is 0.000000298. The van der Waals surface area contributed by atoms with Crippen LogP contribution in [0.2, 0.25) is 0 Å². The molecule has 2 unspecified atom stereocenters. The summed E-state index contributed by atoms with van der Waals surface area (Å²) in [5.41, 5.74) is 0.701. The molecule has 7 nitrogen and oxygen atoms in total. The van der Waals surface area contributed by atoms with Crippen LogP contribution in [-0.2, 0) is 11.3 Å². The molecule has 2 bridgehead atoms. The summed E-state index contributed by atoms with van der Waals surface area (Å²) in [5.74, 6) is -0.450. The zero-order valence-electron chi connectivity index (χ0n) is 15.6. The van der Waals surface area contributed by atoms with Crippen LogP contribution in [0.1, 0.15) is 22.7 Å². The second-order valence-electron chi connectivity index (χ2n) is 7.34. The molecule has 2 aromatic rings. The summed E-state index contributed by atoms with van der Waals surface area (Å²) < 4.78 is 37.2. The number of aromatic amines is 1. The maximum atomic E-state index is 12.5. The van der Waals surface area contributed by atoms with Crippen LogP contribution in [0, 0.1) is 11.8 Å². The molecule has 0 saturated carbocycles. The van der Waals surface area contributed by atoms with Crippen molar-refractivity contribution >= 4 is 11.9 Å². The van der Waals surface area contributed by atoms with Crippen LogP contribution < -0.4 is 0 Å². The molecule has 0 aliphatic carbocycles. The summed E-state index contributed by atoms with van der Waals surface area (Å²) in [7, 11) is 0. The summed E-state index contributed by atoms with van der Waals surface area (Å²) in [6, 6.07) is 7.71. The molecule has 2 N–H and O–H groups in total. The lowest BCUT2D eigenvalue weighted by Crippen LogP contribution is -2.53. The molecule has 2 saturated heterocycles. The topological polar surface area (TPSA) is 89.8 Å². The highest BCUT2D eigenvalue weighted by Gasteiger charge is 2.38. The van der Waals surface area contributed by atoms with Crippen molar-refractivity contribution in [1.29, 1.82) is 0 Å². The van der Waals surface area contributed by atoms with E-state index in [2.05, 4.69) is 9.88 Å². The van der Waals surface area contributed by atoms with Gasteiger partial charge in [0.05, 0.1) is 12.8 Å². The highest BCUT2D eigenvalue weighted by molar-refractivity contribution is 5.92. The van der Waals surface area contributed by atoms with Gasteiger partial charge in [-0.15, -0.1) is 0 Å². The van der Waals surface area contributed by atoms with Gasteiger partial charge in [-0.05, 0) is 42.5 Å². The van der Waals surface area contributed by atoms with Crippen LogP contribution in [0.3, 0.4) is 0 Å². The number of carboxylic acid groups (broad SMARTS) is 1. The van der Waals surface area contributed by atoms with E-state index < -0.39 is 12.1 Å². The number of rotatable bonds is 3. The number of hydrogen-bond donors (Lipinski definition) is 2. The maximum Gasteiger partial charge on any atom is 0.490 e. The lowest BCUT2D eigenvalue weighted by Gasteiger charge is -2.45. The van der Waals surface area contributed by atoms with Crippen molar-refractivity contribution in [3.8, 4) is 0 Å². The minimum atomic E-state index is -5.08. The molecule has 158 valence electrons. The van der Waals surface area contributed by atoms with E-state index in [-0.39, 0.29) is 5.91 Å². The molecule has 29 heavy (non-hydrogen) atoms. The van der Waals surface area contributed by atoms with Gasteiger partial charge in [0.25, 0.3) is 5.91 Å². The Kier molecular flexibility index (Phi) is 6.31. The third-order valence-electron chi connectivity index (χ3n) is 4.97. The van der Waals surface area contributed by atoms with Gasteiger partial charge in [-0.25, -0.2) is 4.79 Å². The molecule has 4 rings (SSSR count). The van der Waals surface area contributed by atoms with Gasteiger partial charge in [0.1, 0.15) is 11.5 Å². The number of aromatic nitrogens is 1. The standard InChI is InChI=1S/C17H21N3O2.C2HF3O2/c21-17(16-4-1-5-18-16)20-10-13-7-14(11-20)9-19(8-13)12-15-3-2-6-22-15;3-2(4,5)1(6)7/h1-6,13-14,18H,7-12H2;(H,6,7). The number of carboxylic acids is 1. The Morgan fingerprint density at radius 3 is 2.28 bits per heavy atom. The van der Waals surface area contributed by atoms with E-state index in [0.717, 1.165) is 38.5 Å². The predicted molar refractivity (Wildman–Crippen MR) is 96.0 cm³/mol. The first kappa shape index (κ1) is 21.0. The highest BCUT2D eigenvalue weighted by atomic mass is 19.4. The van der Waals surface area contributed by atoms with Crippen LogP contribution in [0.5, 0.6) is 0 Å². The van der Waals surface area contributed by atoms with Gasteiger partial charge in [0.2, 0.25) is 0 Å². The van der Waals surface area contributed by atoms with Crippen LogP contribution in [0.15, 0.2) is 41.1 Å². The Hall–Kier alpha value is -2.75. The number of halogens is 3. The average molecular weight is 413 g/mol. The SMILES string of the molecule is O=C(O)C(F)(F)F.O=C(c1ccc[nH]1)N1CC2CC(CN(Cc3ccco3)C2)C1. The van der Waals surface area contributed by atoms with Gasteiger partial charge >= 0.3 is 12.1 Å². The molecule has 10 heteroatoms.